The smallest absolute Gasteiger partial charge is 0.251 e. The third-order valence-electron chi connectivity index (χ3n) is 5.47. The zero-order chi connectivity index (χ0) is 20.4. The van der Waals surface area contributed by atoms with E-state index in [-0.39, 0.29) is 5.91 Å². The van der Waals surface area contributed by atoms with E-state index in [0.717, 1.165) is 39.1 Å². The van der Waals surface area contributed by atoms with E-state index in [1.165, 1.54) is 12.8 Å². The maximum atomic E-state index is 12.9. The Morgan fingerprint density at radius 2 is 1.90 bits per heavy atom. The van der Waals surface area contributed by atoms with E-state index in [2.05, 4.69) is 28.5 Å². The molecule has 29 heavy (non-hydrogen) atoms. The van der Waals surface area contributed by atoms with E-state index in [1.54, 1.807) is 0 Å². The third kappa shape index (κ3) is 4.38. The number of benzene rings is 2. The molecule has 1 heterocycles. The lowest BCUT2D eigenvalue weighted by Gasteiger charge is -2.13. The molecule has 1 aliphatic rings. The number of hydrogen-bond donors (Lipinski definition) is 2. The van der Waals surface area contributed by atoms with E-state index in [4.69, 9.17) is 5.73 Å². The summed E-state index contributed by atoms with van der Waals surface area (Å²) in [6.45, 7) is 5.01. The zero-order valence-corrected chi connectivity index (χ0v) is 17.0. The second kappa shape index (κ2) is 8.18. The van der Waals surface area contributed by atoms with Crippen molar-refractivity contribution in [3.63, 3.8) is 0 Å². The maximum Gasteiger partial charge on any atom is 0.251 e. The van der Waals surface area contributed by atoms with Gasteiger partial charge < -0.3 is 11.1 Å². The highest BCUT2D eigenvalue weighted by Gasteiger charge is 2.27. The average Bonchev–Trinajstić information content (AvgIpc) is 3.57. The quantitative estimate of drug-likeness (QED) is 0.650. The zero-order valence-electron chi connectivity index (χ0n) is 17.0. The van der Waals surface area contributed by atoms with Gasteiger partial charge in [-0.2, -0.15) is 0 Å². The lowest BCUT2D eigenvalue weighted by Crippen LogP contribution is -2.24. The van der Waals surface area contributed by atoms with Crippen LogP contribution in [0.3, 0.4) is 0 Å². The molecule has 1 aromatic heterocycles. The number of amides is 1. The van der Waals surface area contributed by atoms with E-state index in [1.807, 2.05) is 50.4 Å². The summed E-state index contributed by atoms with van der Waals surface area (Å²) in [5.74, 6) is 0.483. The molecule has 4 heteroatoms. The summed E-state index contributed by atoms with van der Waals surface area (Å²) >= 11 is 0. The molecule has 0 unspecified atom stereocenters. The topological polar surface area (TPSA) is 68.0 Å². The van der Waals surface area contributed by atoms with Gasteiger partial charge in [-0.25, -0.2) is 0 Å². The molecule has 1 amide bonds. The first kappa shape index (κ1) is 19.3. The first-order valence-corrected chi connectivity index (χ1v) is 10.2. The van der Waals surface area contributed by atoms with Gasteiger partial charge in [0.25, 0.3) is 5.91 Å². The van der Waals surface area contributed by atoms with Gasteiger partial charge in [-0.05, 0) is 67.1 Å². The molecule has 0 spiro atoms. The van der Waals surface area contributed by atoms with Crippen LogP contribution in [0.1, 0.15) is 57.1 Å². The fraction of sp³-hybridized carbons (Fsp3) is 0.280. The minimum Gasteiger partial charge on any atom is -0.348 e. The average molecular weight is 386 g/mol. The van der Waals surface area contributed by atoms with Crippen molar-refractivity contribution in [3.05, 3.63) is 88.2 Å². The highest BCUT2D eigenvalue weighted by Crippen LogP contribution is 2.43. The lowest BCUT2D eigenvalue weighted by atomic mass is 9.97. The minimum absolute atomic E-state index is 0.0729. The Morgan fingerprint density at radius 3 is 2.66 bits per heavy atom. The maximum absolute atomic E-state index is 12.9. The molecule has 1 saturated carbocycles. The van der Waals surface area contributed by atoms with Crippen molar-refractivity contribution in [2.75, 3.05) is 0 Å². The standard InChI is InChI=1S/C25H27N3O/c1-16-5-6-19(14-26)22(10-16)15-28-25(29)21-12-17(2)11-20(13-21)23-4-3-9-27-24(23)18-7-8-18/h3-6,9-13,18H,7-8,14-15,26H2,1-2H3,(H,28,29). The van der Waals surface area contributed by atoms with Crippen molar-refractivity contribution in [1.82, 2.24) is 10.3 Å². The van der Waals surface area contributed by atoms with Gasteiger partial charge in [0.05, 0.1) is 5.69 Å². The normalized spacial score (nSPS) is 13.3. The molecule has 0 saturated heterocycles. The van der Waals surface area contributed by atoms with Gasteiger partial charge in [0.2, 0.25) is 0 Å². The van der Waals surface area contributed by atoms with Crippen molar-refractivity contribution in [1.29, 1.82) is 0 Å². The van der Waals surface area contributed by atoms with Gasteiger partial charge in [0.15, 0.2) is 0 Å². The molecule has 4 rings (SSSR count). The fourth-order valence-electron chi connectivity index (χ4n) is 3.81. The Balaban J connectivity index is 1.58. The minimum atomic E-state index is -0.0729. The molecule has 1 aliphatic carbocycles. The number of rotatable bonds is 6. The number of aryl methyl sites for hydroxylation is 2. The molecule has 2 aromatic carbocycles. The molecule has 148 valence electrons. The highest BCUT2D eigenvalue weighted by atomic mass is 16.1. The number of aromatic nitrogens is 1. The van der Waals surface area contributed by atoms with Crippen LogP contribution in [0.15, 0.2) is 54.7 Å². The predicted molar refractivity (Wildman–Crippen MR) is 117 cm³/mol. The predicted octanol–water partition coefficient (Wildman–Crippen LogP) is 4.63. The number of nitrogens with one attached hydrogen (secondary N) is 1. The number of pyridine rings is 1. The number of carbonyl (C=O) groups excluding carboxylic acids is 1. The van der Waals surface area contributed by atoms with Crippen molar-refractivity contribution < 1.29 is 4.79 Å². The van der Waals surface area contributed by atoms with E-state index < -0.39 is 0 Å². The Morgan fingerprint density at radius 1 is 1.07 bits per heavy atom. The largest absolute Gasteiger partial charge is 0.348 e. The summed E-state index contributed by atoms with van der Waals surface area (Å²) in [5.41, 5.74) is 14.2. The van der Waals surface area contributed by atoms with Gasteiger partial charge in [-0.1, -0.05) is 35.9 Å². The molecule has 1 fully saturated rings. The van der Waals surface area contributed by atoms with Crippen molar-refractivity contribution in [3.8, 4) is 11.1 Å². The summed E-state index contributed by atoms with van der Waals surface area (Å²) in [5, 5.41) is 3.06. The van der Waals surface area contributed by atoms with Crippen LogP contribution < -0.4 is 11.1 Å². The van der Waals surface area contributed by atoms with E-state index in [9.17, 15) is 4.79 Å². The Labute approximate surface area is 172 Å². The lowest BCUT2D eigenvalue weighted by molar-refractivity contribution is 0.0950. The van der Waals surface area contributed by atoms with Crippen molar-refractivity contribution in [2.45, 2.75) is 45.7 Å². The second-order valence-corrected chi connectivity index (χ2v) is 7.96. The molecule has 0 atom stereocenters. The molecule has 3 N–H and O–H groups in total. The van der Waals surface area contributed by atoms with Crippen molar-refractivity contribution >= 4 is 5.91 Å². The fourth-order valence-corrected chi connectivity index (χ4v) is 3.81. The number of carbonyl (C=O) groups is 1. The summed E-state index contributed by atoms with van der Waals surface area (Å²) in [7, 11) is 0. The van der Waals surface area contributed by atoms with Gasteiger partial charge in [-0.3, -0.25) is 9.78 Å². The summed E-state index contributed by atoms with van der Waals surface area (Å²) in [6.07, 6.45) is 4.25. The second-order valence-electron chi connectivity index (χ2n) is 7.96. The molecule has 3 aromatic rings. The Kier molecular flexibility index (Phi) is 5.45. The molecular weight excluding hydrogens is 358 g/mol. The highest BCUT2D eigenvalue weighted by molar-refractivity contribution is 5.95. The van der Waals surface area contributed by atoms with Gasteiger partial charge in [0, 0.05) is 36.3 Å². The van der Waals surface area contributed by atoms with Crippen molar-refractivity contribution in [2.24, 2.45) is 5.73 Å². The third-order valence-corrected chi connectivity index (χ3v) is 5.47. The van der Waals surface area contributed by atoms with Crippen LogP contribution in [0.4, 0.5) is 0 Å². The monoisotopic (exact) mass is 385 g/mol. The van der Waals surface area contributed by atoms with Crippen LogP contribution in [-0.4, -0.2) is 10.9 Å². The van der Waals surface area contributed by atoms with Crippen LogP contribution in [0.25, 0.3) is 11.1 Å². The molecule has 0 bridgehead atoms. The van der Waals surface area contributed by atoms with Crippen LogP contribution in [0.5, 0.6) is 0 Å². The molecule has 4 nitrogen and oxygen atoms in total. The Bertz CT molecular complexity index is 1050. The first-order chi connectivity index (χ1) is 14.0. The van der Waals surface area contributed by atoms with Gasteiger partial charge >= 0.3 is 0 Å². The number of nitrogens with zero attached hydrogens (tertiary/aromatic N) is 1. The summed E-state index contributed by atoms with van der Waals surface area (Å²) < 4.78 is 0. The van der Waals surface area contributed by atoms with E-state index in [0.29, 0.717) is 24.6 Å². The number of hydrogen-bond acceptors (Lipinski definition) is 3. The van der Waals surface area contributed by atoms with Gasteiger partial charge in [0.1, 0.15) is 0 Å². The first-order valence-electron chi connectivity index (χ1n) is 10.2. The SMILES string of the molecule is Cc1cc(C(=O)NCc2cc(C)ccc2CN)cc(-c2cccnc2C2CC2)c1. The molecule has 0 aliphatic heterocycles. The molecule has 0 radical (unpaired) electrons. The van der Waals surface area contributed by atoms with E-state index >= 15 is 0 Å². The Hall–Kier alpha value is -2.98. The molecular formula is C25H27N3O. The number of nitrogens with two attached hydrogens (primary N) is 1. The van der Waals surface area contributed by atoms with Crippen LogP contribution in [0, 0.1) is 13.8 Å². The van der Waals surface area contributed by atoms with Crippen LogP contribution in [-0.2, 0) is 13.1 Å². The summed E-state index contributed by atoms with van der Waals surface area (Å²) in [4.78, 5) is 17.5. The summed E-state index contributed by atoms with van der Waals surface area (Å²) in [6, 6.07) is 16.3. The van der Waals surface area contributed by atoms with Crippen LogP contribution in [0.2, 0.25) is 0 Å². The van der Waals surface area contributed by atoms with Crippen LogP contribution >= 0.6 is 0 Å². The van der Waals surface area contributed by atoms with Gasteiger partial charge in [-0.15, -0.1) is 0 Å².